The third kappa shape index (κ3) is 3.55. The van der Waals surface area contributed by atoms with E-state index >= 15 is 0 Å². The maximum Gasteiger partial charge on any atom is 0.285 e. The van der Waals surface area contributed by atoms with Crippen LogP contribution in [0.15, 0.2) is 12.1 Å². The molecule has 21 heavy (non-hydrogen) atoms. The largest absolute Gasteiger partial charge is 0.348 e. The molecule has 2 unspecified atom stereocenters. The Hall–Kier alpha value is -1.57. The zero-order valence-corrected chi connectivity index (χ0v) is 12.5. The van der Waals surface area contributed by atoms with E-state index in [4.69, 9.17) is 0 Å². The Kier molecular flexibility index (Phi) is 4.87. The van der Waals surface area contributed by atoms with Gasteiger partial charge in [0.1, 0.15) is 5.56 Å². The average molecular weight is 363 g/mol. The number of halogens is 3. The number of carbonyl (C=O) groups excluding carboxylic acids is 1. The first-order chi connectivity index (χ1) is 9.90. The lowest BCUT2D eigenvalue weighted by Crippen LogP contribution is -2.42. The van der Waals surface area contributed by atoms with E-state index in [1.807, 2.05) is 0 Å². The second-order valence-electron chi connectivity index (χ2n) is 4.92. The molecule has 8 heteroatoms. The second-order valence-corrected chi connectivity index (χ2v) is 6.10. The molecule has 0 heterocycles. The van der Waals surface area contributed by atoms with Crippen molar-refractivity contribution in [2.45, 2.75) is 36.6 Å². The van der Waals surface area contributed by atoms with Gasteiger partial charge in [-0.3, -0.25) is 14.9 Å². The van der Waals surface area contributed by atoms with Gasteiger partial charge < -0.3 is 5.32 Å². The molecule has 0 bridgehead atoms. The first kappa shape index (κ1) is 15.8. The first-order valence-electron chi connectivity index (χ1n) is 6.48. The molecule has 1 aliphatic carbocycles. The topological polar surface area (TPSA) is 72.2 Å². The quantitative estimate of drug-likeness (QED) is 0.509. The van der Waals surface area contributed by atoms with Crippen LogP contribution in [0.3, 0.4) is 0 Å². The summed E-state index contributed by atoms with van der Waals surface area (Å²) in [6.07, 6.45) is 3.59. The SMILES string of the molecule is O=C(NC1CCCCC1Br)c1cc(F)c(F)cc1[N+](=O)[O-]. The van der Waals surface area contributed by atoms with Crippen molar-refractivity contribution in [1.82, 2.24) is 5.32 Å². The van der Waals surface area contributed by atoms with Crippen LogP contribution in [0.1, 0.15) is 36.0 Å². The Morgan fingerprint density at radius 3 is 2.52 bits per heavy atom. The number of nitrogens with one attached hydrogen (secondary N) is 1. The number of carbonyl (C=O) groups is 1. The van der Waals surface area contributed by atoms with Gasteiger partial charge in [0.05, 0.1) is 11.0 Å². The standard InChI is InChI=1S/C13H13BrF2N2O3/c14-8-3-1-2-4-11(8)17-13(19)7-5-9(15)10(16)6-12(7)18(20)21/h5-6,8,11H,1-4H2,(H,17,19). The highest BCUT2D eigenvalue weighted by atomic mass is 79.9. The molecular weight excluding hydrogens is 350 g/mol. The maximum absolute atomic E-state index is 13.3. The molecule has 0 aliphatic heterocycles. The summed E-state index contributed by atoms with van der Waals surface area (Å²) in [4.78, 5) is 22.2. The Morgan fingerprint density at radius 2 is 1.90 bits per heavy atom. The second kappa shape index (κ2) is 6.46. The Labute approximate surface area is 128 Å². The summed E-state index contributed by atoms with van der Waals surface area (Å²) in [7, 11) is 0. The van der Waals surface area contributed by atoms with Gasteiger partial charge in [-0.2, -0.15) is 0 Å². The highest BCUT2D eigenvalue weighted by molar-refractivity contribution is 9.09. The van der Waals surface area contributed by atoms with Crippen LogP contribution in [0.5, 0.6) is 0 Å². The van der Waals surface area contributed by atoms with E-state index in [0.717, 1.165) is 25.7 Å². The van der Waals surface area contributed by atoms with Crippen LogP contribution in [-0.4, -0.2) is 21.7 Å². The molecule has 0 saturated heterocycles. The third-order valence-electron chi connectivity index (χ3n) is 3.48. The number of hydrogen-bond donors (Lipinski definition) is 1. The van der Waals surface area contributed by atoms with Crippen molar-refractivity contribution in [2.24, 2.45) is 0 Å². The Morgan fingerprint density at radius 1 is 1.29 bits per heavy atom. The molecule has 114 valence electrons. The van der Waals surface area contributed by atoms with Crippen LogP contribution >= 0.6 is 15.9 Å². The predicted octanol–water partition coefficient (Wildman–Crippen LogP) is 3.31. The Balaban J connectivity index is 2.26. The van der Waals surface area contributed by atoms with Gasteiger partial charge in [0.25, 0.3) is 11.6 Å². The molecule has 1 fully saturated rings. The number of alkyl halides is 1. The average Bonchev–Trinajstić information content (AvgIpc) is 2.43. The smallest absolute Gasteiger partial charge is 0.285 e. The number of rotatable bonds is 3. The van der Waals surface area contributed by atoms with E-state index in [0.29, 0.717) is 12.1 Å². The van der Waals surface area contributed by atoms with Crippen LogP contribution in [0.25, 0.3) is 0 Å². The number of nitro benzene ring substituents is 1. The van der Waals surface area contributed by atoms with Crippen molar-refractivity contribution in [3.63, 3.8) is 0 Å². The molecule has 2 atom stereocenters. The molecule has 1 N–H and O–H groups in total. The van der Waals surface area contributed by atoms with Gasteiger partial charge in [0.2, 0.25) is 0 Å². The highest BCUT2D eigenvalue weighted by Crippen LogP contribution is 2.26. The lowest BCUT2D eigenvalue weighted by molar-refractivity contribution is -0.385. The third-order valence-corrected chi connectivity index (χ3v) is 4.57. The molecule has 5 nitrogen and oxygen atoms in total. The van der Waals surface area contributed by atoms with Crippen molar-refractivity contribution < 1.29 is 18.5 Å². The predicted molar refractivity (Wildman–Crippen MR) is 75.4 cm³/mol. The summed E-state index contributed by atoms with van der Waals surface area (Å²) in [5.41, 5.74) is -1.21. The normalized spacial score (nSPS) is 21.9. The monoisotopic (exact) mass is 362 g/mol. The molecule has 1 saturated carbocycles. The number of nitro groups is 1. The number of amides is 1. The molecular formula is C13H13BrF2N2O3. The summed E-state index contributed by atoms with van der Waals surface area (Å²) in [6, 6.07) is 0.810. The first-order valence-corrected chi connectivity index (χ1v) is 7.40. The minimum absolute atomic E-state index is 0.0690. The van der Waals surface area contributed by atoms with Gasteiger partial charge in [-0.1, -0.05) is 28.8 Å². The summed E-state index contributed by atoms with van der Waals surface area (Å²) >= 11 is 3.45. The molecule has 1 aliphatic rings. The van der Waals surface area contributed by atoms with Crippen LogP contribution < -0.4 is 5.32 Å². The molecule has 0 aromatic heterocycles. The molecule has 0 spiro atoms. The van der Waals surface area contributed by atoms with E-state index in [2.05, 4.69) is 21.2 Å². The van der Waals surface area contributed by atoms with Gasteiger partial charge in [0, 0.05) is 10.9 Å². The number of nitrogens with zero attached hydrogens (tertiary/aromatic N) is 1. The van der Waals surface area contributed by atoms with Crippen molar-refractivity contribution >= 4 is 27.5 Å². The number of benzene rings is 1. The molecule has 1 aromatic rings. The fraction of sp³-hybridized carbons (Fsp3) is 0.462. The summed E-state index contributed by atoms with van der Waals surface area (Å²) in [6.45, 7) is 0. The zero-order valence-electron chi connectivity index (χ0n) is 10.9. The van der Waals surface area contributed by atoms with Crippen LogP contribution in [0.4, 0.5) is 14.5 Å². The molecule has 2 rings (SSSR count). The van der Waals surface area contributed by atoms with Crippen molar-refractivity contribution in [3.05, 3.63) is 39.4 Å². The summed E-state index contributed by atoms with van der Waals surface area (Å²) in [5.74, 6) is -3.41. The number of hydrogen-bond acceptors (Lipinski definition) is 3. The minimum Gasteiger partial charge on any atom is -0.348 e. The van der Waals surface area contributed by atoms with E-state index in [1.165, 1.54) is 0 Å². The maximum atomic E-state index is 13.3. The fourth-order valence-electron chi connectivity index (χ4n) is 2.36. The van der Waals surface area contributed by atoms with Crippen LogP contribution in [0.2, 0.25) is 0 Å². The van der Waals surface area contributed by atoms with Gasteiger partial charge in [-0.05, 0) is 18.9 Å². The fourth-order valence-corrected chi connectivity index (χ4v) is 3.08. The Bertz CT molecular complexity index is 583. The minimum atomic E-state index is -1.35. The highest BCUT2D eigenvalue weighted by Gasteiger charge is 2.29. The van der Waals surface area contributed by atoms with Crippen LogP contribution in [0, 0.1) is 21.7 Å². The zero-order chi connectivity index (χ0) is 15.6. The molecule has 0 radical (unpaired) electrons. The molecule has 1 amide bonds. The van der Waals surface area contributed by atoms with Gasteiger partial charge in [0.15, 0.2) is 11.6 Å². The summed E-state index contributed by atoms with van der Waals surface area (Å²) in [5, 5.41) is 13.5. The van der Waals surface area contributed by atoms with E-state index in [1.54, 1.807) is 0 Å². The van der Waals surface area contributed by atoms with Crippen molar-refractivity contribution in [3.8, 4) is 0 Å². The van der Waals surface area contributed by atoms with Crippen molar-refractivity contribution in [2.75, 3.05) is 0 Å². The van der Waals surface area contributed by atoms with E-state index in [-0.39, 0.29) is 10.9 Å². The lowest BCUT2D eigenvalue weighted by Gasteiger charge is -2.28. The summed E-state index contributed by atoms with van der Waals surface area (Å²) < 4.78 is 26.3. The van der Waals surface area contributed by atoms with E-state index in [9.17, 15) is 23.7 Å². The van der Waals surface area contributed by atoms with Gasteiger partial charge in [-0.25, -0.2) is 8.78 Å². The van der Waals surface area contributed by atoms with Crippen molar-refractivity contribution in [1.29, 1.82) is 0 Å². The molecule has 1 aromatic carbocycles. The van der Waals surface area contributed by atoms with Gasteiger partial charge in [-0.15, -0.1) is 0 Å². The van der Waals surface area contributed by atoms with Crippen LogP contribution in [-0.2, 0) is 0 Å². The van der Waals surface area contributed by atoms with E-state index < -0.39 is 33.7 Å². The lowest BCUT2D eigenvalue weighted by atomic mass is 9.95. The van der Waals surface area contributed by atoms with Gasteiger partial charge >= 0.3 is 0 Å².